The van der Waals surface area contributed by atoms with Gasteiger partial charge < -0.3 is 0 Å². The fraction of sp³-hybridized carbons (Fsp3) is 0.111. The summed E-state index contributed by atoms with van der Waals surface area (Å²) in [5, 5.41) is 6.88. The van der Waals surface area contributed by atoms with Crippen LogP contribution in [0.4, 0.5) is 8.78 Å². The van der Waals surface area contributed by atoms with Gasteiger partial charge in [0, 0.05) is 28.9 Å². The number of rotatable bonds is 6. The Bertz CT molecular complexity index is 1290. The Labute approximate surface area is 173 Å². The van der Waals surface area contributed by atoms with E-state index in [1.54, 1.807) is 16.6 Å². The summed E-state index contributed by atoms with van der Waals surface area (Å²) in [6.07, 6.45) is 0.291. The van der Waals surface area contributed by atoms with Crippen molar-refractivity contribution in [1.82, 2.24) is 19.3 Å². The topological polar surface area (TPSA) is 76.4 Å². The molecule has 0 aliphatic rings. The first kappa shape index (κ1) is 19.9. The summed E-state index contributed by atoms with van der Waals surface area (Å²) in [5.74, 6) is -1.32. The zero-order chi connectivity index (χ0) is 20.6. The maximum atomic E-state index is 13.7. The Hall–Kier alpha value is -2.40. The molecule has 0 aliphatic carbocycles. The minimum absolute atomic E-state index is 0.0136. The number of hydrogen-bond donors (Lipinski definition) is 1. The van der Waals surface area contributed by atoms with Gasteiger partial charge in [-0.3, -0.25) is 0 Å². The van der Waals surface area contributed by atoms with Crippen molar-refractivity contribution in [2.75, 3.05) is 6.54 Å². The standard InChI is InChI=1S/C18H13ClF2N4O2S2/c19-12-3-1-11(2-4-12)17-23-18-25(24-17)14(10-28-18)7-8-22-29(26,27)16-9-13(20)5-6-15(16)21/h1-6,9-10,22H,7-8H2. The van der Waals surface area contributed by atoms with Gasteiger partial charge in [-0.05, 0) is 42.5 Å². The predicted molar refractivity (Wildman–Crippen MR) is 107 cm³/mol. The lowest BCUT2D eigenvalue weighted by Crippen LogP contribution is -2.27. The first-order valence-corrected chi connectivity index (χ1v) is 11.1. The summed E-state index contributed by atoms with van der Waals surface area (Å²) in [5.41, 5.74) is 1.54. The molecule has 0 unspecified atom stereocenters. The van der Waals surface area contributed by atoms with Crippen molar-refractivity contribution in [1.29, 1.82) is 0 Å². The van der Waals surface area contributed by atoms with Crippen molar-refractivity contribution in [2.45, 2.75) is 11.3 Å². The Morgan fingerprint density at radius 3 is 2.66 bits per heavy atom. The Morgan fingerprint density at radius 1 is 1.14 bits per heavy atom. The molecule has 0 bridgehead atoms. The van der Waals surface area contributed by atoms with E-state index in [0.29, 0.717) is 28.3 Å². The monoisotopic (exact) mass is 454 g/mol. The molecule has 0 saturated heterocycles. The van der Waals surface area contributed by atoms with Crippen LogP contribution in [0.25, 0.3) is 16.3 Å². The minimum Gasteiger partial charge on any atom is -0.211 e. The molecule has 2 heterocycles. The van der Waals surface area contributed by atoms with Crippen molar-refractivity contribution >= 4 is 37.9 Å². The quantitative estimate of drug-likeness (QED) is 0.479. The molecule has 11 heteroatoms. The maximum Gasteiger partial charge on any atom is 0.243 e. The Balaban J connectivity index is 1.50. The molecule has 29 heavy (non-hydrogen) atoms. The second-order valence-corrected chi connectivity index (χ2v) is 9.09. The number of aromatic nitrogens is 3. The van der Waals surface area contributed by atoms with Crippen molar-refractivity contribution in [2.24, 2.45) is 0 Å². The molecule has 2 aromatic carbocycles. The van der Waals surface area contributed by atoms with Crippen LogP contribution in [0, 0.1) is 11.6 Å². The van der Waals surface area contributed by atoms with E-state index in [0.717, 1.165) is 23.4 Å². The van der Waals surface area contributed by atoms with E-state index in [1.165, 1.54) is 11.3 Å². The lowest BCUT2D eigenvalue weighted by molar-refractivity contribution is 0.545. The number of sulfonamides is 1. The first-order valence-electron chi connectivity index (χ1n) is 8.37. The van der Waals surface area contributed by atoms with Crippen molar-refractivity contribution in [3.63, 3.8) is 0 Å². The van der Waals surface area contributed by atoms with Crippen LogP contribution in [0.15, 0.2) is 52.7 Å². The van der Waals surface area contributed by atoms with Gasteiger partial charge in [0.05, 0.1) is 5.69 Å². The second kappa shape index (κ2) is 7.79. The van der Waals surface area contributed by atoms with Crippen molar-refractivity contribution in [3.05, 3.63) is 70.2 Å². The third kappa shape index (κ3) is 4.15. The molecule has 0 radical (unpaired) electrons. The summed E-state index contributed by atoms with van der Waals surface area (Å²) < 4.78 is 55.4. The van der Waals surface area contributed by atoms with Gasteiger partial charge in [0.15, 0.2) is 5.82 Å². The molecule has 0 atom stereocenters. The highest BCUT2D eigenvalue weighted by Gasteiger charge is 2.20. The van der Waals surface area contributed by atoms with Crippen LogP contribution in [0.5, 0.6) is 0 Å². The molecular formula is C18H13ClF2N4O2S2. The molecule has 4 aromatic rings. The Kier molecular flexibility index (Phi) is 5.34. The number of halogens is 3. The molecular weight excluding hydrogens is 442 g/mol. The van der Waals surface area contributed by atoms with E-state index >= 15 is 0 Å². The number of fused-ring (bicyclic) bond motifs is 1. The van der Waals surface area contributed by atoms with Gasteiger partial charge in [0.25, 0.3) is 0 Å². The predicted octanol–water partition coefficient (Wildman–Crippen LogP) is 3.91. The third-order valence-corrected chi connectivity index (χ3v) is 6.70. The van der Waals surface area contributed by atoms with Crippen molar-refractivity contribution < 1.29 is 17.2 Å². The van der Waals surface area contributed by atoms with Gasteiger partial charge in [0.1, 0.15) is 16.5 Å². The van der Waals surface area contributed by atoms with E-state index in [-0.39, 0.29) is 6.54 Å². The number of nitrogens with one attached hydrogen (secondary N) is 1. The smallest absolute Gasteiger partial charge is 0.211 e. The fourth-order valence-corrected chi connectivity index (χ4v) is 4.79. The summed E-state index contributed by atoms with van der Waals surface area (Å²) in [6.45, 7) is -0.0136. The first-order chi connectivity index (χ1) is 13.8. The number of nitrogens with zero attached hydrogens (tertiary/aromatic N) is 3. The molecule has 2 aromatic heterocycles. The zero-order valence-electron chi connectivity index (χ0n) is 14.6. The van der Waals surface area contributed by atoms with Crippen LogP contribution in [0.2, 0.25) is 5.02 Å². The lowest BCUT2D eigenvalue weighted by Gasteiger charge is -2.07. The summed E-state index contributed by atoms with van der Waals surface area (Å²) in [6, 6.07) is 9.39. The van der Waals surface area contributed by atoms with Crippen LogP contribution in [-0.4, -0.2) is 29.6 Å². The number of hydrogen-bond acceptors (Lipinski definition) is 5. The van der Waals surface area contributed by atoms with E-state index in [4.69, 9.17) is 11.6 Å². The van der Waals surface area contributed by atoms with Gasteiger partial charge in [-0.1, -0.05) is 11.6 Å². The van der Waals surface area contributed by atoms with Gasteiger partial charge in [-0.15, -0.1) is 16.4 Å². The highest BCUT2D eigenvalue weighted by atomic mass is 35.5. The SMILES string of the molecule is O=S(=O)(NCCc1csc2nc(-c3ccc(Cl)cc3)nn12)c1cc(F)ccc1F. The van der Waals surface area contributed by atoms with E-state index < -0.39 is 26.6 Å². The Morgan fingerprint density at radius 2 is 1.90 bits per heavy atom. The zero-order valence-corrected chi connectivity index (χ0v) is 17.0. The van der Waals surface area contributed by atoms with Crippen LogP contribution in [-0.2, 0) is 16.4 Å². The van der Waals surface area contributed by atoms with Crippen LogP contribution in [0.1, 0.15) is 5.69 Å². The third-order valence-electron chi connectivity index (χ3n) is 4.11. The van der Waals surface area contributed by atoms with Gasteiger partial charge in [0.2, 0.25) is 15.0 Å². The molecule has 0 saturated carbocycles. The molecule has 150 valence electrons. The van der Waals surface area contributed by atoms with E-state index in [2.05, 4.69) is 14.8 Å². The van der Waals surface area contributed by atoms with Gasteiger partial charge >= 0.3 is 0 Å². The molecule has 0 fully saturated rings. The van der Waals surface area contributed by atoms with Gasteiger partial charge in [-0.25, -0.2) is 26.4 Å². The number of benzene rings is 2. The lowest BCUT2D eigenvalue weighted by atomic mass is 10.2. The average Bonchev–Trinajstić information content (AvgIpc) is 3.26. The average molecular weight is 455 g/mol. The molecule has 0 amide bonds. The van der Waals surface area contributed by atoms with Crippen molar-refractivity contribution in [3.8, 4) is 11.4 Å². The van der Waals surface area contributed by atoms with E-state index in [1.807, 2.05) is 17.5 Å². The summed E-state index contributed by atoms with van der Waals surface area (Å²) in [7, 11) is -4.18. The number of thiazole rings is 1. The molecule has 4 rings (SSSR count). The second-order valence-electron chi connectivity index (χ2n) is 6.09. The van der Waals surface area contributed by atoms with Crippen LogP contribution in [0.3, 0.4) is 0 Å². The molecule has 1 N–H and O–H groups in total. The van der Waals surface area contributed by atoms with Crippen LogP contribution < -0.4 is 4.72 Å². The summed E-state index contributed by atoms with van der Waals surface area (Å²) in [4.78, 5) is 4.39. The highest BCUT2D eigenvalue weighted by Crippen LogP contribution is 2.22. The molecule has 6 nitrogen and oxygen atoms in total. The maximum absolute atomic E-state index is 13.7. The highest BCUT2D eigenvalue weighted by molar-refractivity contribution is 7.89. The summed E-state index contributed by atoms with van der Waals surface area (Å²) >= 11 is 7.26. The normalized spacial score (nSPS) is 12.0. The van der Waals surface area contributed by atoms with Crippen LogP contribution >= 0.6 is 22.9 Å². The minimum atomic E-state index is -4.18. The largest absolute Gasteiger partial charge is 0.243 e. The van der Waals surface area contributed by atoms with Gasteiger partial charge in [-0.2, -0.15) is 4.98 Å². The fourth-order valence-electron chi connectivity index (χ4n) is 2.69. The van der Waals surface area contributed by atoms with E-state index in [9.17, 15) is 17.2 Å². The molecule has 0 spiro atoms. The molecule has 0 aliphatic heterocycles.